The molecule has 0 aliphatic heterocycles. The van der Waals surface area contributed by atoms with E-state index in [2.05, 4.69) is 36.6 Å². The second kappa shape index (κ2) is 20.2. The van der Waals surface area contributed by atoms with Crippen molar-refractivity contribution < 1.29 is 39.0 Å². The van der Waals surface area contributed by atoms with Crippen LogP contribution >= 0.6 is 0 Å². The van der Waals surface area contributed by atoms with E-state index in [9.17, 15) is 33.9 Å². The van der Waals surface area contributed by atoms with Crippen molar-refractivity contribution in [2.24, 2.45) is 38.7 Å². The van der Waals surface area contributed by atoms with Crippen LogP contribution < -0.4 is 55.3 Å². The number of aliphatic imine (C=N–C) groups is 2. The van der Waals surface area contributed by atoms with Crippen LogP contribution in [0.5, 0.6) is 0 Å². The molecule has 0 saturated heterocycles. The minimum absolute atomic E-state index is 0.0351. The predicted octanol–water partition coefficient (Wildman–Crippen LogP) is -6.80. The molecule has 0 unspecified atom stereocenters. The average molecular weight is 603 g/mol. The van der Waals surface area contributed by atoms with E-state index in [1.54, 1.807) is 0 Å². The first kappa shape index (κ1) is 37.3. The molecule has 42 heavy (non-hydrogen) atoms. The van der Waals surface area contributed by atoms with Gasteiger partial charge in [-0.05, 0) is 32.6 Å². The van der Waals surface area contributed by atoms with E-state index in [0.717, 1.165) is 0 Å². The van der Waals surface area contributed by atoms with Gasteiger partial charge in [0.2, 0.25) is 29.5 Å². The van der Waals surface area contributed by atoms with Crippen molar-refractivity contribution in [1.82, 2.24) is 26.6 Å². The number of aliphatic hydroxyl groups excluding tert-OH is 1. The Kier molecular flexibility index (Phi) is 17.9. The van der Waals surface area contributed by atoms with Gasteiger partial charge in [0.15, 0.2) is 11.9 Å². The van der Waals surface area contributed by atoms with E-state index in [1.165, 1.54) is 6.92 Å². The molecule has 0 aromatic carbocycles. The molecule has 0 fully saturated rings. The molecule has 0 spiro atoms. The van der Waals surface area contributed by atoms with Crippen LogP contribution in [0, 0.1) is 0 Å². The molecule has 0 radical (unpaired) electrons. The number of carboxylic acid groups (broad SMARTS) is 1. The first-order valence-corrected chi connectivity index (χ1v) is 12.8. The Morgan fingerprint density at radius 3 is 1.64 bits per heavy atom. The Morgan fingerprint density at radius 2 is 1.19 bits per heavy atom. The first-order valence-electron chi connectivity index (χ1n) is 12.8. The maximum Gasteiger partial charge on any atom is 0.322 e. The highest BCUT2D eigenvalue weighted by Crippen LogP contribution is 2.02. The zero-order valence-corrected chi connectivity index (χ0v) is 23.3. The predicted molar refractivity (Wildman–Crippen MR) is 150 cm³/mol. The van der Waals surface area contributed by atoms with Crippen LogP contribution in [0.25, 0.3) is 0 Å². The summed E-state index contributed by atoms with van der Waals surface area (Å²) in [6.07, 6.45) is -0.791. The van der Waals surface area contributed by atoms with Crippen molar-refractivity contribution in [1.29, 1.82) is 0 Å². The summed E-state index contributed by atoms with van der Waals surface area (Å²) in [7, 11) is 0. The maximum atomic E-state index is 12.8. The van der Waals surface area contributed by atoms with Gasteiger partial charge in [0, 0.05) is 13.1 Å². The molecule has 0 aromatic heterocycles. The summed E-state index contributed by atoms with van der Waals surface area (Å²) in [5.74, 6) is -5.66. The molecule has 0 aromatic rings. The van der Waals surface area contributed by atoms with Gasteiger partial charge in [-0.3, -0.25) is 38.8 Å². The number of nitrogens with zero attached hydrogens (tertiary/aromatic N) is 2. The van der Waals surface area contributed by atoms with E-state index >= 15 is 0 Å². The lowest BCUT2D eigenvalue weighted by Crippen LogP contribution is -2.58. The second-order valence-electron chi connectivity index (χ2n) is 8.90. The van der Waals surface area contributed by atoms with Crippen molar-refractivity contribution in [3.05, 3.63) is 0 Å². The number of carboxylic acids is 1. The molecule has 0 aliphatic carbocycles. The van der Waals surface area contributed by atoms with Crippen LogP contribution in [0.2, 0.25) is 0 Å². The van der Waals surface area contributed by atoms with Gasteiger partial charge in [0.05, 0.1) is 19.2 Å². The molecular weight excluding hydrogens is 560 g/mol. The van der Waals surface area contributed by atoms with E-state index in [-0.39, 0.29) is 50.7 Å². The molecule has 5 amide bonds. The van der Waals surface area contributed by atoms with Gasteiger partial charge in [-0.2, -0.15) is 0 Å². The number of hydrogen-bond acceptors (Lipinski definition) is 10. The Labute approximate surface area is 241 Å². The third-order valence-corrected chi connectivity index (χ3v) is 5.28. The number of rotatable bonds is 20. The molecule has 4 atom stereocenters. The maximum absolute atomic E-state index is 12.8. The Morgan fingerprint density at radius 1 is 0.714 bits per heavy atom. The van der Waals surface area contributed by atoms with Crippen LogP contribution in [-0.2, 0) is 28.8 Å². The summed E-state index contributed by atoms with van der Waals surface area (Å²) >= 11 is 0. The number of guanidine groups is 2. The number of nitrogens with two attached hydrogens (primary N) is 5. The molecule has 0 aliphatic rings. The highest BCUT2D eigenvalue weighted by Gasteiger charge is 2.30. The highest BCUT2D eigenvalue weighted by atomic mass is 16.4. The fourth-order valence-electron chi connectivity index (χ4n) is 3.27. The number of carbonyl (C=O) groups excluding carboxylic acids is 5. The smallest absolute Gasteiger partial charge is 0.322 e. The van der Waals surface area contributed by atoms with Crippen molar-refractivity contribution in [2.75, 3.05) is 32.7 Å². The van der Waals surface area contributed by atoms with Crippen LogP contribution in [0.15, 0.2) is 9.98 Å². The van der Waals surface area contributed by atoms with Gasteiger partial charge in [-0.1, -0.05) is 0 Å². The quantitative estimate of drug-likeness (QED) is 0.0350. The molecular formula is C22H42N12O8. The minimum atomic E-state index is -1.53. The molecule has 0 bridgehead atoms. The van der Waals surface area contributed by atoms with Crippen LogP contribution in [0.1, 0.15) is 32.6 Å². The van der Waals surface area contributed by atoms with Crippen LogP contribution in [0.4, 0.5) is 0 Å². The summed E-state index contributed by atoms with van der Waals surface area (Å²) in [5, 5.41) is 30.4. The molecule has 0 saturated carbocycles. The minimum Gasteiger partial charge on any atom is -0.480 e. The topological polar surface area (TPSA) is 358 Å². The first-order chi connectivity index (χ1) is 19.7. The van der Waals surface area contributed by atoms with Gasteiger partial charge >= 0.3 is 5.97 Å². The highest BCUT2D eigenvalue weighted by molar-refractivity contribution is 5.95. The standard InChI is InChI=1S/C22H42N12O8/c1-11(35)17(34-19(41)13(32-14(36)8-23)5-3-7-29-22(26)27)20(42)30-9-15(37)33-12(4-2-6-28-21(24)25)18(40)31-10-16(38)39/h11-13,17,35H,2-10,23H2,1H3,(H,30,42)(H,31,40)(H,32,36)(H,33,37)(H,34,41)(H,38,39)(H4,24,25,28)(H4,26,27,29)/t11-,12+,13+,17+/m1/s1. The van der Waals surface area contributed by atoms with Gasteiger partial charge in [0.25, 0.3) is 0 Å². The van der Waals surface area contributed by atoms with E-state index in [0.29, 0.717) is 0 Å². The van der Waals surface area contributed by atoms with E-state index in [4.69, 9.17) is 33.8 Å². The van der Waals surface area contributed by atoms with Crippen molar-refractivity contribution in [2.45, 2.75) is 56.8 Å². The summed E-state index contributed by atoms with van der Waals surface area (Å²) in [6, 6.07) is -3.85. The van der Waals surface area contributed by atoms with Crippen molar-refractivity contribution in [3.63, 3.8) is 0 Å². The molecule has 20 heteroatoms. The van der Waals surface area contributed by atoms with Crippen LogP contribution in [0.3, 0.4) is 0 Å². The lowest BCUT2D eigenvalue weighted by Gasteiger charge is -2.25. The molecule has 0 rings (SSSR count). The number of aliphatic hydroxyl groups is 1. The van der Waals surface area contributed by atoms with Gasteiger partial charge < -0.3 is 65.5 Å². The monoisotopic (exact) mass is 602 g/mol. The van der Waals surface area contributed by atoms with Gasteiger partial charge in [0.1, 0.15) is 24.7 Å². The number of hydrogen-bond donors (Lipinski definition) is 12. The number of amides is 5. The van der Waals surface area contributed by atoms with Gasteiger partial charge in [-0.15, -0.1) is 0 Å². The zero-order valence-electron chi connectivity index (χ0n) is 23.3. The molecule has 238 valence electrons. The number of nitrogens with one attached hydrogen (secondary N) is 5. The fraction of sp³-hybridized carbons (Fsp3) is 0.636. The Hall–Kier alpha value is -4.72. The lowest BCUT2D eigenvalue weighted by atomic mass is 10.1. The third-order valence-electron chi connectivity index (χ3n) is 5.28. The molecule has 20 nitrogen and oxygen atoms in total. The largest absolute Gasteiger partial charge is 0.480 e. The zero-order chi connectivity index (χ0) is 32.2. The third kappa shape index (κ3) is 17.1. The summed E-state index contributed by atoms with van der Waals surface area (Å²) in [5.41, 5.74) is 26.3. The summed E-state index contributed by atoms with van der Waals surface area (Å²) in [6.45, 7) is -0.252. The van der Waals surface area contributed by atoms with E-state index in [1.807, 2.05) is 0 Å². The van der Waals surface area contributed by atoms with Crippen molar-refractivity contribution in [3.8, 4) is 0 Å². The molecule has 17 N–H and O–H groups in total. The normalized spacial score (nSPS) is 13.2. The van der Waals surface area contributed by atoms with Crippen molar-refractivity contribution >= 4 is 47.4 Å². The summed E-state index contributed by atoms with van der Waals surface area (Å²) in [4.78, 5) is 80.5. The second-order valence-corrected chi connectivity index (χ2v) is 8.90. The average Bonchev–Trinajstić information content (AvgIpc) is 2.91. The van der Waals surface area contributed by atoms with Gasteiger partial charge in [-0.25, -0.2) is 0 Å². The fourth-order valence-corrected chi connectivity index (χ4v) is 3.27. The Balaban J connectivity index is 5.29. The van der Waals surface area contributed by atoms with E-state index < -0.39 is 79.4 Å². The number of carbonyl (C=O) groups is 6. The SMILES string of the molecule is C[C@@H](O)[C@H](NC(=O)[C@H](CCCN=C(N)N)NC(=O)CN)C(=O)NCC(=O)N[C@@H](CCCN=C(N)N)C(=O)NCC(=O)O. The van der Waals surface area contributed by atoms with Crippen LogP contribution in [-0.4, -0.2) is 115 Å². The number of aliphatic carboxylic acids is 1. The lowest BCUT2D eigenvalue weighted by molar-refractivity contribution is -0.138. The molecule has 0 heterocycles. The summed E-state index contributed by atoms with van der Waals surface area (Å²) < 4.78 is 0. The Bertz CT molecular complexity index is 996.